The van der Waals surface area contributed by atoms with E-state index in [0.717, 1.165) is 0 Å². The number of hydrogen-bond acceptors (Lipinski definition) is 6. The normalized spacial score (nSPS) is 14.6. The van der Waals surface area contributed by atoms with E-state index in [0.29, 0.717) is 5.57 Å². The molecule has 0 radical (unpaired) electrons. The van der Waals surface area contributed by atoms with Gasteiger partial charge in [-0.05, 0) is 46.7 Å². The summed E-state index contributed by atoms with van der Waals surface area (Å²) in [6, 6.07) is -1.31. The molecule has 8 nitrogen and oxygen atoms in total. The molecule has 0 spiro atoms. The number of amides is 2. The van der Waals surface area contributed by atoms with Gasteiger partial charge in [0.25, 0.3) is 0 Å². The number of nitrogens with zero attached hydrogens (tertiary/aromatic N) is 2. The zero-order valence-corrected chi connectivity index (χ0v) is 22.1. The van der Waals surface area contributed by atoms with E-state index in [9.17, 15) is 19.5 Å². The third kappa shape index (κ3) is 12.8. The molecule has 0 aromatic rings. The van der Waals surface area contributed by atoms with Gasteiger partial charge in [-0.3, -0.25) is 14.5 Å². The molecule has 8 heteroatoms. The van der Waals surface area contributed by atoms with Gasteiger partial charge in [-0.15, -0.1) is 0 Å². The van der Waals surface area contributed by atoms with Crippen LogP contribution in [0.1, 0.15) is 68.2 Å². The fourth-order valence-electron chi connectivity index (χ4n) is 2.68. The Kier molecular flexibility index (Phi) is 15.9. The number of aliphatic hydroxyl groups is 1. The summed E-state index contributed by atoms with van der Waals surface area (Å²) in [5.41, 5.74) is -0.102. The minimum atomic E-state index is -0.757. The lowest BCUT2D eigenvalue weighted by molar-refractivity contribution is -0.140. The highest BCUT2D eigenvalue weighted by atomic mass is 16.5. The Morgan fingerprint density at radius 3 is 1.97 bits per heavy atom. The zero-order valence-electron chi connectivity index (χ0n) is 22.1. The lowest BCUT2D eigenvalue weighted by Gasteiger charge is -2.35. The standard InChI is InChI=1S/C21H39N3O5.C3H8/c1-10-29-20(28)14(2)11-12-24(9)19(27)17(21(4,5)6)22-18(26)16(23(7)8)13-15(3)25;1-3-2/h11,15-17,25H,10,12-13H2,1-9H3,(H,22,26);3H2,1-2H3/b14-11+;. The summed E-state index contributed by atoms with van der Waals surface area (Å²) in [5.74, 6) is -0.981. The van der Waals surface area contributed by atoms with Gasteiger partial charge in [0.05, 0.1) is 18.8 Å². The SMILES string of the molecule is CCC.CCOC(=O)/C(C)=C/CN(C)C(=O)C(NC(=O)C(CC(C)O)N(C)C)C(C)(C)C. The molecule has 0 aromatic carbocycles. The Morgan fingerprint density at radius 1 is 1.09 bits per heavy atom. The molecule has 0 aliphatic carbocycles. The van der Waals surface area contributed by atoms with Crippen LogP contribution < -0.4 is 5.32 Å². The molecule has 0 rings (SSSR count). The Balaban J connectivity index is 0. The molecule has 0 fully saturated rings. The van der Waals surface area contributed by atoms with Gasteiger partial charge in [-0.2, -0.15) is 0 Å². The highest BCUT2D eigenvalue weighted by Gasteiger charge is 2.36. The van der Waals surface area contributed by atoms with Crippen LogP contribution in [0.5, 0.6) is 0 Å². The zero-order chi connectivity index (χ0) is 25.6. The summed E-state index contributed by atoms with van der Waals surface area (Å²) in [7, 11) is 5.15. The van der Waals surface area contributed by atoms with E-state index in [-0.39, 0.29) is 31.4 Å². The van der Waals surface area contributed by atoms with Gasteiger partial charge in [-0.25, -0.2) is 4.79 Å². The van der Waals surface area contributed by atoms with E-state index in [1.165, 1.54) is 11.3 Å². The van der Waals surface area contributed by atoms with Crippen LogP contribution >= 0.6 is 0 Å². The van der Waals surface area contributed by atoms with Crippen LogP contribution in [0.15, 0.2) is 11.6 Å². The first kappa shape index (κ1) is 32.3. The minimum absolute atomic E-state index is 0.219. The Hall–Kier alpha value is -1.93. The smallest absolute Gasteiger partial charge is 0.333 e. The first-order valence-electron chi connectivity index (χ1n) is 11.4. The van der Waals surface area contributed by atoms with Crippen molar-refractivity contribution >= 4 is 17.8 Å². The van der Waals surface area contributed by atoms with Crippen molar-refractivity contribution in [3.63, 3.8) is 0 Å². The first-order chi connectivity index (χ1) is 14.6. The third-order valence-corrected chi connectivity index (χ3v) is 4.53. The highest BCUT2D eigenvalue weighted by Crippen LogP contribution is 2.22. The molecule has 0 saturated carbocycles. The van der Waals surface area contributed by atoms with Crippen LogP contribution in [0.4, 0.5) is 0 Å². The van der Waals surface area contributed by atoms with E-state index >= 15 is 0 Å². The molecule has 188 valence electrons. The van der Waals surface area contributed by atoms with Gasteiger partial charge in [0.2, 0.25) is 11.8 Å². The summed E-state index contributed by atoms with van der Waals surface area (Å²) >= 11 is 0. The van der Waals surface area contributed by atoms with E-state index < -0.39 is 29.6 Å². The number of ether oxygens (including phenoxy) is 1. The molecule has 32 heavy (non-hydrogen) atoms. The van der Waals surface area contributed by atoms with E-state index in [1.807, 2.05) is 20.8 Å². The van der Waals surface area contributed by atoms with Crippen molar-refractivity contribution in [2.75, 3.05) is 34.3 Å². The van der Waals surface area contributed by atoms with Crippen molar-refractivity contribution in [2.45, 2.75) is 86.4 Å². The Morgan fingerprint density at radius 2 is 1.59 bits per heavy atom. The molecule has 0 heterocycles. The predicted octanol–water partition coefficient (Wildman–Crippen LogP) is 2.60. The fourth-order valence-corrected chi connectivity index (χ4v) is 2.68. The molecule has 3 atom stereocenters. The topological polar surface area (TPSA) is 99.2 Å². The highest BCUT2D eigenvalue weighted by molar-refractivity contribution is 5.91. The maximum Gasteiger partial charge on any atom is 0.333 e. The number of aliphatic hydroxyl groups excluding tert-OH is 1. The molecule has 3 unspecified atom stereocenters. The summed E-state index contributed by atoms with van der Waals surface area (Å²) in [4.78, 5) is 40.8. The van der Waals surface area contributed by atoms with Gasteiger partial charge in [0, 0.05) is 19.2 Å². The van der Waals surface area contributed by atoms with Crippen molar-refractivity contribution < 1.29 is 24.2 Å². The lowest BCUT2D eigenvalue weighted by Crippen LogP contribution is -2.57. The monoisotopic (exact) mass is 457 g/mol. The molecule has 0 saturated heterocycles. The fraction of sp³-hybridized carbons (Fsp3) is 0.792. The van der Waals surface area contributed by atoms with Gasteiger partial charge in [0.1, 0.15) is 6.04 Å². The van der Waals surface area contributed by atoms with Crippen molar-refractivity contribution in [2.24, 2.45) is 5.41 Å². The van der Waals surface area contributed by atoms with Gasteiger partial charge < -0.3 is 20.1 Å². The van der Waals surface area contributed by atoms with Crippen molar-refractivity contribution in [1.82, 2.24) is 15.1 Å². The van der Waals surface area contributed by atoms with Crippen LogP contribution in [0.3, 0.4) is 0 Å². The third-order valence-electron chi connectivity index (χ3n) is 4.53. The molecule has 2 amide bonds. The van der Waals surface area contributed by atoms with Crippen LogP contribution in [0, 0.1) is 5.41 Å². The van der Waals surface area contributed by atoms with Gasteiger partial charge in [0.15, 0.2) is 0 Å². The first-order valence-corrected chi connectivity index (χ1v) is 11.4. The van der Waals surface area contributed by atoms with Crippen molar-refractivity contribution in [3.8, 4) is 0 Å². The second-order valence-electron chi connectivity index (χ2n) is 9.41. The van der Waals surface area contributed by atoms with Crippen LogP contribution in [-0.2, 0) is 19.1 Å². The van der Waals surface area contributed by atoms with E-state index in [2.05, 4.69) is 19.2 Å². The van der Waals surface area contributed by atoms with Crippen molar-refractivity contribution in [3.05, 3.63) is 11.6 Å². The number of rotatable bonds is 10. The van der Waals surface area contributed by atoms with Crippen LogP contribution in [0.2, 0.25) is 0 Å². The Labute approximate surface area is 195 Å². The molecule has 2 N–H and O–H groups in total. The number of esters is 1. The lowest BCUT2D eigenvalue weighted by atomic mass is 9.85. The quantitative estimate of drug-likeness (QED) is 0.386. The maximum atomic E-state index is 13.1. The molecule has 0 bridgehead atoms. The van der Waals surface area contributed by atoms with Gasteiger partial charge in [-0.1, -0.05) is 47.1 Å². The number of hydrogen-bond donors (Lipinski definition) is 2. The summed E-state index contributed by atoms with van der Waals surface area (Å²) in [6.07, 6.45) is 2.50. The number of likely N-dealkylation sites (N-methyl/N-ethyl adjacent to an activating group) is 2. The maximum absolute atomic E-state index is 13.1. The van der Waals surface area contributed by atoms with Crippen molar-refractivity contribution in [1.29, 1.82) is 0 Å². The molecule has 0 aliphatic rings. The molecular weight excluding hydrogens is 410 g/mol. The predicted molar refractivity (Wildman–Crippen MR) is 129 cm³/mol. The van der Waals surface area contributed by atoms with Gasteiger partial charge >= 0.3 is 5.97 Å². The number of carbonyl (C=O) groups excluding carboxylic acids is 3. The molecule has 0 aromatic heterocycles. The van der Waals surface area contributed by atoms with Crippen LogP contribution in [0.25, 0.3) is 0 Å². The van der Waals surface area contributed by atoms with E-state index in [4.69, 9.17) is 4.74 Å². The molecular formula is C24H47N3O5. The minimum Gasteiger partial charge on any atom is -0.463 e. The summed E-state index contributed by atoms with van der Waals surface area (Å²) in [5, 5.41) is 12.6. The second kappa shape index (κ2) is 15.8. The summed E-state index contributed by atoms with van der Waals surface area (Å²) < 4.78 is 4.94. The second-order valence-corrected chi connectivity index (χ2v) is 9.41. The average Bonchev–Trinajstić information content (AvgIpc) is 2.66. The van der Waals surface area contributed by atoms with E-state index in [1.54, 1.807) is 52.9 Å². The molecule has 0 aliphatic heterocycles. The summed E-state index contributed by atoms with van der Waals surface area (Å²) in [6.45, 7) is 15.4. The Bertz CT molecular complexity index is 609. The largest absolute Gasteiger partial charge is 0.463 e. The number of carbonyl (C=O) groups is 3. The average molecular weight is 458 g/mol. The number of nitrogens with one attached hydrogen (secondary N) is 1. The van der Waals surface area contributed by atoms with Crippen LogP contribution in [-0.4, -0.2) is 85.2 Å².